The zero-order valence-corrected chi connectivity index (χ0v) is 13.6. The van der Waals surface area contributed by atoms with Crippen molar-refractivity contribution in [3.63, 3.8) is 0 Å². The number of nitriles is 1. The molecule has 0 spiro atoms. The first kappa shape index (κ1) is 15.5. The molecule has 0 radical (unpaired) electrons. The van der Waals surface area contributed by atoms with Crippen molar-refractivity contribution in [3.05, 3.63) is 24.0 Å². The smallest absolute Gasteiger partial charge is 0.143 e. The van der Waals surface area contributed by atoms with E-state index in [9.17, 15) is 0 Å². The van der Waals surface area contributed by atoms with Crippen molar-refractivity contribution < 1.29 is 0 Å². The van der Waals surface area contributed by atoms with E-state index in [1.807, 2.05) is 12.3 Å². The number of anilines is 2. The van der Waals surface area contributed by atoms with Gasteiger partial charge >= 0.3 is 0 Å². The standard InChI is InChI=1S/C17H22N6/c1-11(2)21-17-15-7-16(22-13-4-3-5-19-10-13)20-9-12(15)6-14(8-18)23-17/h6-7,9,11,13,19H,3-5,10H2,1-2H3,(H,20,22)(H,21,23)/t13-/m1/s1. The van der Waals surface area contributed by atoms with Gasteiger partial charge in [-0.15, -0.1) is 0 Å². The molecule has 1 fully saturated rings. The lowest BCUT2D eigenvalue weighted by Crippen LogP contribution is -2.38. The van der Waals surface area contributed by atoms with Crippen LogP contribution in [0.4, 0.5) is 11.6 Å². The molecular formula is C17H22N6. The van der Waals surface area contributed by atoms with E-state index in [1.165, 1.54) is 6.42 Å². The molecule has 6 heteroatoms. The Bertz CT molecular complexity index is 728. The average molecular weight is 310 g/mol. The number of nitrogens with zero attached hydrogens (tertiary/aromatic N) is 3. The van der Waals surface area contributed by atoms with Crippen LogP contribution >= 0.6 is 0 Å². The second-order valence-corrected chi connectivity index (χ2v) is 6.25. The van der Waals surface area contributed by atoms with Crippen LogP contribution in [0, 0.1) is 11.3 Å². The third-order valence-corrected chi connectivity index (χ3v) is 3.90. The van der Waals surface area contributed by atoms with E-state index in [1.54, 1.807) is 6.07 Å². The first-order valence-corrected chi connectivity index (χ1v) is 8.10. The summed E-state index contributed by atoms with van der Waals surface area (Å²) in [5.74, 6) is 1.59. The van der Waals surface area contributed by atoms with Gasteiger partial charge in [-0.2, -0.15) is 5.26 Å². The molecule has 3 heterocycles. The summed E-state index contributed by atoms with van der Waals surface area (Å²) in [4.78, 5) is 8.90. The first-order valence-electron chi connectivity index (χ1n) is 8.10. The van der Waals surface area contributed by atoms with E-state index >= 15 is 0 Å². The quantitative estimate of drug-likeness (QED) is 0.804. The predicted molar refractivity (Wildman–Crippen MR) is 92.5 cm³/mol. The number of pyridine rings is 2. The van der Waals surface area contributed by atoms with Gasteiger partial charge in [-0.1, -0.05) is 0 Å². The van der Waals surface area contributed by atoms with Gasteiger partial charge in [0.25, 0.3) is 0 Å². The zero-order valence-electron chi connectivity index (χ0n) is 13.6. The third kappa shape index (κ3) is 3.69. The molecular weight excluding hydrogens is 288 g/mol. The van der Waals surface area contributed by atoms with E-state index in [0.29, 0.717) is 11.7 Å². The summed E-state index contributed by atoms with van der Waals surface area (Å²) in [6, 6.07) is 6.55. The molecule has 23 heavy (non-hydrogen) atoms. The fourth-order valence-electron chi connectivity index (χ4n) is 2.85. The molecule has 1 atom stereocenters. The van der Waals surface area contributed by atoms with Crippen LogP contribution in [0.2, 0.25) is 0 Å². The molecule has 1 aliphatic heterocycles. The van der Waals surface area contributed by atoms with Gasteiger partial charge in [0, 0.05) is 35.6 Å². The topological polar surface area (TPSA) is 85.7 Å². The van der Waals surface area contributed by atoms with Crippen LogP contribution in [0.25, 0.3) is 10.8 Å². The van der Waals surface area contributed by atoms with Crippen molar-refractivity contribution in [2.24, 2.45) is 0 Å². The number of piperidine rings is 1. The second-order valence-electron chi connectivity index (χ2n) is 6.25. The van der Waals surface area contributed by atoms with Crippen molar-refractivity contribution in [1.82, 2.24) is 15.3 Å². The predicted octanol–water partition coefficient (Wildman–Crippen LogP) is 2.49. The lowest BCUT2D eigenvalue weighted by Gasteiger charge is -2.24. The Hall–Kier alpha value is -2.39. The van der Waals surface area contributed by atoms with Gasteiger partial charge in [-0.05, 0) is 45.4 Å². The van der Waals surface area contributed by atoms with E-state index < -0.39 is 0 Å². The average Bonchev–Trinajstić information content (AvgIpc) is 2.55. The number of fused-ring (bicyclic) bond motifs is 1. The Balaban J connectivity index is 1.94. The molecule has 2 aromatic heterocycles. The van der Waals surface area contributed by atoms with E-state index in [2.05, 4.69) is 45.8 Å². The lowest BCUT2D eigenvalue weighted by atomic mass is 10.1. The molecule has 120 valence electrons. The van der Waals surface area contributed by atoms with Crippen LogP contribution in [0.1, 0.15) is 32.4 Å². The summed E-state index contributed by atoms with van der Waals surface area (Å²) >= 11 is 0. The fourth-order valence-corrected chi connectivity index (χ4v) is 2.85. The Labute approximate surface area is 136 Å². The van der Waals surface area contributed by atoms with Crippen LogP contribution < -0.4 is 16.0 Å². The summed E-state index contributed by atoms with van der Waals surface area (Å²) in [6.07, 6.45) is 4.13. The molecule has 3 N–H and O–H groups in total. The van der Waals surface area contributed by atoms with Gasteiger partial charge in [0.1, 0.15) is 23.4 Å². The van der Waals surface area contributed by atoms with Crippen LogP contribution in [-0.2, 0) is 0 Å². The fraction of sp³-hybridized carbons (Fsp3) is 0.471. The third-order valence-electron chi connectivity index (χ3n) is 3.90. The normalized spacial score (nSPS) is 17.9. The summed E-state index contributed by atoms with van der Waals surface area (Å²) in [7, 11) is 0. The molecule has 0 aromatic carbocycles. The van der Waals surface area contributed by atoms with Crippen molar-refractivity contribution in [2.75, 3.05) is 23.7 Å². The van der Waals surface area contributed by atoms with Crippen LogP contribution in [0.5, 0.6) is 0 Å². The Morgan fingerprint density at radius 1 is 1.39 bits per heavy atom. The minimum Gasteiger partial charge on any atom is -0.367 e. The van der Waals surface area contributed by atoms with Crippen LogP contribution in [0.3, 0.4) is 0 Å². The Kier molecular flexibility index (Phi) is 4.58. The number of aromatic nitrogens is 2. The van der Waals surface area contributed by atoms with Gasteiger partial charge in [-0.25, -0.2) is 9.97 Å². The maximum Gasteiger partial charge on any atom is 0.143 e. The van der Waals surface area contributed by atoms with Gasteiger partial charge in [0.05, 0.1) is 0 Å². The summed E-state index contributed by atoms with van der Waals surface area (Å²) < 4.78 is 0. The molecule has 0 amide bonds. The minimum absolute atomic E-state index is 0.242. The molecule has 6 nitrogen and oxygen atoms in total. The van der Waals surface area contributed by atoms with E-state index in [4.69, 9.17) is 5.26 Å². The minimum atomic E-state index is 0.242. The summed E-state index contributed by atoms with van der Waals surface area (Å²) in [5, 5.41) is 21.3. The monoisotopic (exact) mass is 310 g/mol. The number of nitrogens with one attached hydrogen (secondary N) is 3. The Morgan fingerprint density at radius 2 is 2.26 bits per heavy atom. The Morgan fingerprint density at radius 3 is 2.96 bits per heavy atom. The highest BCUT2D eigenvalue weighted by molar-refractivity contribution is 5.93. The molecule has 2 aromatic rings. The molecule has 1 aliphatic rings. The number of rotatable bonds is 4. The highest BCUT2D eigenvalue weighted by atomic mass is 15.1. The van der Waals surface area contributed by atoms with Crippen molar-refractivity contribution >= 4 is 22.4 Å². The molecule has 0 saturated carbocycles. The largest absolute Gasteiger partial charge is 0.367 e. The summed E-state index contributed by atoms with van der Waals surface area (Å²) in [5.41, 5.74) is 0.402. The molecule has 0 aliphatic carbocycles. The molecule has 1 saturated heterocycles. The van der Waals surface area contributed by atoms with Crippen molar-refractivity contribution in [3.8, 4) is 6.07 Å². The van der Waals surface area contributed by atoms with Crippen molar-refractivity contribution in [2.45, 2.75) is 38.8 Å². The van der Waals surface area contributed by atoms with Gasteiger partial charge in [0.2, 0.25) is 0 Å². The van der Waals surface area contributed by atoms with E-state index in [-0.39, 0.29) is 6.04 Å². The second kappa shape index (κ2) is 6.80. The summed E-state index contributed by atoms with van der Waals surface area (Å²) in [6.45, 7) is 6.16. The maximum atomic E-state index is 9.15. The SMILES string of the molecule is CC(C)Nc1nc(C#N)cc2cnc(N[C@@H]3CCCNC3)cc12. The van der Waals surface area contributed by atoms with Gasteiger partial charge in [0.15, 0.2) is 0 Å². The zero-order chi connectivity index (χ0) is 16.2. The number of hydrogen-bond acceptors (Lipinski definition) is 6. The first-order chi connectivity index (χ1) is 11.2. The maximum absolute atomic E-state index is 9.15. The van der Waals surface area contributed by atoms with Crippen LogP contribution in [0.15, 0.2) is 18.3 Å². The highest BCUT2D eigenvalue weighted by Crippen LogP contribution is 2.25. The molecule has 0 bridgehead atoms. The van der Waals surface area contributed by atoms with Gasteiger partial charge < -0.3 is 16.0 Å². The van der Waals surface area contributed by atoms with Crippen molar-refractivity contribution in [1.29, 1.82) is 5.26 Å². The van der Waals surface area contributed by atoms with E-state index in [0.717, 1.165) is 41.9 Å². The van der Waals surface area contributed by atoms with Crippen LogP contribution in [-0.4, -0.2) is 35.1 Å². The van der Waals surface area contributed by atoms with Gasteiger partial charge in [-0.3, -0.25) is 0 Å². The molecule has 3 rings (SSSR count). The molecule has 0 unspecified atom stereocenters. The number of hydrogen-bond donors (Lipinski definition) is 3. The highest BCUT2D eigenvalue weighted by Gasteiger charge is 2.14. The lowest BCUT2D eigenvalue weighted by molar-refractivity contribution is 0.479.